The van der Waals surface area contributed by atoms with Crippen LogP contribution in [0.3, 0.4) is 0 Å². The summed E-state index contributed by atoms with van der Waals surface area (Å²) < 4.78 is 1.49. The van der Waals surface area contributed by atoms with E-state index >= 15 is 0 Å². The number of carbonyl (C=O) groups is 1. The molecule has 2 aromatic heterocycles. The van der Waals surface area contributed by atoms with E-state index in [1.807, 2.05) is 6.07 Å². The maximum atomic E-state index is 12.0. The molecule has 3 aromatic rings. The first-order valence-corrected chi connectivity index (χ1v) is 5.84. The first kappa shape index (κ1) is 11.6. The molecule has 2 heterocycles. The van der Waals surface area contributed by atoms with Crippen LogP contribution >= 0.6 is 11.6 Å². The number of aromatic nitrogens is 4. The van der Waals surface area contributed by atoms with Crippen molar-refractivity contribution in [1.29, 1.82) is 0 Å². The van der Waals surface area contributed by atoms with Gasteiger partial charge in [0, 0.05) is 5.56 Å². The van der Waals surface area contributed by atoms with Crippen LogP contribution in [0.2, 0.25) is 5.28 Å². The summed E-state index contributed by atoms with van der Waals surface area (Å²) in [6.07, 6.45) is 2.88. The zero-order chi connectivity index (χ0) is 13.2. The van der Waals surface area contributed by atoms with Crippen LogP contribution < -0.4 is 5.32 Å². The third kappa shape index (κ3) is 2.13. The first-order chi connectivity index (χ1) is 9.25. The molecule has 1 N–H and O–H groups in total. The molecule has 94 valence electrons. The predicted molar refractivity (Wildman–Crippen MR) is 70.2 cm³/mol. The van der Waals surface area contributed by atoms with Crippen molar-refractivity contribution in [2.45, 2.75) is 0 Å². The fourth-order valence-electron chi connectivity index (χ4n) is 1.66. The maximum absolute atomic E-state index is 12.0. The topological polar surface area (TPSA) is 72.2 Å². The lowest BCUT2D eigenvalue weighted by molar-refractivity contribution is 0.102. The summed E-state index contributed by atoms with van der Waals surface area (Å²) in [7, 11) is 0. The van der Waals surface area contributed by atoms with Gasteiger partial charge in [-0.05, 0) is 23.7 Å². The van der Waals surface area contributed by atoms with Crippen molar-refractivity contribution in [3.8, 4) is 0 Å². The quantitative estimate of drug-likeness (QED) is 0.725. The van der Waals surface area contributed by atoms with Crippen molar-refractivity contribution < 1.29 is 4.79 Å². The summed E-state index contributed by atoms with van der Waals surface area (Å²) >= 11 is 5.88. The SMILES string of the molecule is O=C(Nc1cnc(Cl)n2cnnc12)c1ccccc1. The highest BCUT2D eigenvalue weighted by atomic mass is 35.5. The van der Waals surface area contributed by atoms with Crippen LogP contribution in [0, 0.1) is 0 Å². The van der Waals surface area contributed by atoms with E-state index in [-0.39, 0.29) is 11.2 Å². The van der Waals surface area contributed by atoms with E-state index in [0.717, 1.165) is 0 Å². The second-order valence-electron chi connectivity index (χ2n) is 3.79. The molecule has 0 spiro atoms. The largest absolute Gasteiger partial charge is 0.317 e. The Morgan fingerprint density at radius 1 is 1.26 bits per heavy atom. The molecule has 0 fully saturated rings. The Kier molecular flexibility index (Phi) is 2.85. The number of hydrogen-bond donors (Lipinski definition) is 1. The van der Waals surface area contributed by atoms with E-state index in [1.165, 1.54) is 16.9 Å². The van der Waals surface area contributed by atoms with Gasteiger partial charge in [-0.1, -0.05) is 18.2 Å². The molecule has 3 rings (SSSR count). The van der Waals surface area contributed by atoms with Crippen LogP contribution in [0.15, 0.2) is 42.9 Å². The number of hydrogen-bond acceptors (Lipinski definition) is 4. The van der Waals surface area contributed by atoms with E-state index in [0.29, 0.717) is 16.9 Å². The Balaban J connectivity index is 1.96. The number of nitrogens with zero attached hydrogens (tertiary/aromatic N) is 4. The summed E-state index contributed by atoms with van der Waals surface area (Å²) in [5, 5.41) is 10.6. The van der Waals surface area contributed by atoms with Gasteiger partial charge in [-0.15, -0.1) is 10.2 Å². The number of nitrogens with one attached hydrogen (secondary N) is 1. The third-order valence-corrected chi connectivity index (χ3v) is 2.85. The molecule has 0 saturated carbocycles. The molecular formula is C12H8ClN5O. The zero-order valence-electron chi connectivity index (χ0n) is 9.62. The van der Waals surface area contributed by atoms with Crippen LogP contribution in [0.4, 0.5) is 5.69 Å². The Labute approximate surface area is 113 Å². The monoisotopic (exact) mass is 273 g/mol. The molecule has 7 heteroatoms. The van der Waals surface area contributed by atoms with E-state index in [4.69, 9.17) is 11.6 Å². The van der Waals surface area contributed by atoms with E-state index in [9.17, 15) is 4.79 Å². The number of amides is 1. The smallest absolute Gasteiger partial charge is 0.255 e. The molecule has 0 aliphatic heterocycles. The van der Waals surface area contributed by atoms with Gasteiger partial charge < -0.3 is 5.32 Å². The van der Waals surface area contributed by atoms with Crippen molar-refractivity contribution in [2.75, 3.05) is 5.32 Å². The molecule has 0 aliphatic rings. The first-order valence-electron chi connectivity index (χ1n) is 5.46. The maximum Gasteiger partial charge on any atom is 0.255 e. The number of halogens is 1. The van der Waals surface area contributed by atoms with E-state index < -0.39 is 0 Å². The van der Waals surface area contributed by atoms with Crippen LogP contribution in [0.25, 0.3) is 5.65 Å². The van der Waals surface area contributed by atoms with Crippen molar-refractivity contribution in [1.82, 2.24) is 19.6 Å². The Hall–Kier alpha value is -2.47. The third-order valence-electron chi connectivity index (χ3n) is 2.57. The molecule has 1 aromatic carbocycles. The summed E-state index contributed by atoms with van der Waals surface area (Å²) in [6.45, 7) is 0. The fraction of sp³-hybridized carbons (Fsp3) is 0. The zero-order valence-corrected chi connectivity index (χ0v) is 10.4. The normalized spacial score (nSPS) is 10.6. The molecule has 19 heavy (non-hydrogen) atoms. The van der Waals surface area contributed by atoms with Gasteiger partial charge in [0.05, 0.1) is 6.20 Å². The highest BCUT2D eigenvalue weighted by Crippen LogP contribution is 2.17. The summed E-state index contributed by atoms with van der Waals surface area (Å²) in [5.74, 6) is -0.241. The van der Waals surface area contributed by atoms with Gasteiger partial charge in [-0.25, -0.2) is 4.98 Å². The van der Waals surface area contributed by atoms with Crippen molar-refractivity contribution in [3.63, 3.8) is 0 Å². The standard InChI is InChI=1S/C12H8ClN5O/c13-12-14-6-9(10-17-15-7-18(10)12)16-11(19)8-4-2-1-3-5-8/h1-7H,(H,16,19). The molecule has 6 nitrogen and oxygen atoms in total. The average molecular weight is 274 g/mol. The molecule has 0 bridgehead atoms. The second kappa shape index (κ2) is 4.66. The van der Waals surface area contributed by atoms with Gasteiger partial charge in [0.2, 0.25) is 5.28 Å². The highest BCUT2D eigenvalue weighted by Gasteiger charge is 2.11. The van der Waals surface area contributed by atoms with Gasteiger partial charge in [0.25, 0.3) is 5.91 Å². The number of benzene rings is 1. The van der Waals surface area contributed by atoms with Crippen LogP contribution in [0.5, 0.6) is 0 Å². The van der Waals surface area contributed by atoms with Gasteiger partial charge in [0.15, 0.2) is 5.65 Å². The molecule has 0 radical (unpaired) electrons. The molecule has 0 aliphatic carbocycles. The summed E-state index contributed by atoms with van der Waals surface area (Å²) in [6, 6.07) is 8.88. The molecule has 0 saturated heterocycles. The van der Waals surface area contributed by atoms with Crippen LogP contribution in [-0.2, 0) is 0 Å². The molecular weight excluding hydrogens is 266 g/mol. The van der Waals surface area contributed by atoms with Crippen LogP contribution in [0.1, 0.15) is 10.4 Å². The van der Waals surface area contributed by atoms with Gasteiger partial charge >= 0.3 is 0 Å². The van der Waals surface area contributed by atoms with Crippen molar-refractivity contribution in [2.24, 2.45) is 0 Å². The van der Waals surface area contributed by atoms with Crippen molar-refractivity contribution >= 4 is 28.8 Å². The Bertz CT molecular complexity index is 740. The number of rotatable bonds is 2. The second-order valence-corrected chi connectivity index (χ2v) is 4.12. The number of carbonyl (C=O) groups excluding carboxylic acids is 1. The van der Waals surface area contributed by atoms with Gasteiger partial charge in [-0.3, -0.25) is 9.20 Å². The number of anilines is 1. The highest BCUT2D eigenvalue weighted by molar-refractivity contribution is 6.28. The lowest BCUT2D eigenvalue weighted by atomic mass is 10.2. The van der Waals surface area contributed by atoms with Crippen molar-refractivity contribution in [3.05, 3.63) is 53.7 Å². The molecule has 1 amide bonds. The minimum Gasteiger partial charge on any atom is -0.317 e. The lowest BCUT2D eigenvalue weighted by Crippen LogP contribution is -2.13. The van der Waals surface area contributed by atoms with Gasteiger partial charge in [0.1, 0.15) is 12.0 Å². The Morgan fingerprint density at radius 2 is 2.05 bits per heavy atom. The minimum absolute atomic E-state index is 0.234. The fourth-order valence-corrected chi connectivity index (χ4v) is 1.84. The van der Waals surface area contributed by atoms with Gasteiger partial charge in [-0.2, -0.15) is 0 Å². The number of fused-ring (bicyclic) bond motifs is 1. The Morgan fingerprint density at radius 3 is 2.84 bits per heavy atom. The minimum atomic E-state index is -0.241. The predicted octanol–water partition coefficient (Wildman–Crippen LogP) is 2.03. The molecule has 0 atom stereocenters. The summed E-state index contributed by atoms with van der Waals surface area (Å²) in [5.41, 5.74) is 1.45. The lowest BCUT2D eigenvalue weighted by Gasteiger charge is -2.06. The van der Waals surface area contributed by atoms with E-state index in [2.05, 4.69) is 20.5 Å². The average Bonchev–Trinajstić information content (AvgIpc) is 2.93. The van der Waals surface area contributed by atoms with Crippen LogP contribution in [-0.4, -0.2) is 25.5 Å². The summed E-state index contributed by atoms with van der Waals surface area (Å²) in [4.78, 5) is 16.0. The molecule has 0 unspecified atom stereocenters. The van der Waals surface area contributed by atoms with E-state index in [1.54, 1.807) is 24.3 Å².